The van der Waals surface area contributed by atoms with E-state index in [0.717, 1.165) is 11.1 Å². The summed E-state index contributed by atoms with van der Waals surface area (Å²) in [7, 11) is -0.463. The van der Waals surface area contributed by atoms with Crippen molar-refractivity contribution in [2.75, 3.05) is 27.2 Å². The van der Waals surface area contributed by atoms with Gasteiger partial charge < -0.3 is 4.90 Å². The molecular formula is C22H29N3O3S. The predicted molar refractivity (Wildman–Crippen MR) is 114 cm³/mol. The standard InChI is InChI=1S/C22H29N3O3S/c1-23(2)29(27,28)25-15-9-14-21(18-25)22(26)24(16-19-10-5-3-6-11-19)17-20-12-7-4-8-13-20/h3-8,10-13,21H,9,14-18H2,1-2H3/t21-/m0/s1. The average molecular weight is 416 g/mol. The van der Waals surface area contributed by atoms with Crippen molar-refractivity contribution in [3.63, 3.8) is 0 Å². The summed E-state index contributed by atoms with van der Waals surface area (Å²) in [5.41, 5.74) is 2.12. The second-order valence-corrected chi connectivity index (χ2v) is 9.80. The lowest BCUT2D eigenvalue weighted by atomic mass is 9.97. The predicted octanol–water partition coefficient (Wildman–Crippen LogP) is 2.73. The Morgan fingerprint density at radius 2 is 1.48 bits per heavy atom. The lowest BCUT2D eigenvalue weighted by molar-refractivity contribution is -0.138. The molecule has 0 N–H and O–H groups in total. The highest BCUT2D eigenvalue weighted by atomic mass is 32.2. The number of hydrogen-bond acceptors (Lipinski definition) is 3. The van der Waals surface area contributed by atoms with Crippen LogP contribution in [0.2, 0.25) is 0 Å². The van der Waals surface area contributed by atoms with Crippen LogP contribution in [0.15, 0.2) is 60.7 Å². The third kappa shape index (κ3) is 5.44. The molecule has 1 saturated heterocycles. The van der Waals surface area contributed by atoms with Gasteiger partial charge in [-0.05, 0) is 24.0 Å². The molecular weight excluding hydrogens is 386 g/mol. The van der Waals surface area contributed by atoms with Crippen molar-refractivity contribution in [3.05, 3.63) is 71.8 Å². The van der Waals surface area contributed by atoms with Gasteiger partial charge >= 0.3 is 0 Å². The number of hydrogen-bond donors (Lipinski definition) is 0. The Bertz CT molecular complexity index is 860. The van der Waals surface area contributed by atoms with Gasteiger partial charge in [0.05, 0.1) is 5.92 Å². The number of benzene rings is 2. The first-order valence-corrected chi connectivity index (χ1v) is 11.3. The SMILES string of the molecule is CN(C)S(=O)(=O)N1CCC[C@H](C(=O)N(Cc2ccccc2)Cc2ccccc2)C1. The molecule has 1 aliphatic rings. The molecule has 0 aromatic heterocycles. The summed E-state index contributed by atoms with van der Waals surface area (Å²) in [6, 6.07) is 19.8. The van der Waals surface area contributed by atoms with Gasteiger partial charge in [-0.1, -0.05) is 60.7 Å². The van der Waals surface area contributed by atoms with E-state index in [1.165, 1.54) is 22.7 Å². The molecule has 29 heavy (non-hydrogen) atoms. The summed E-state index contributed by atoms with van der Waals surface area (Å²) in [5.74, 6) is -0.317. The van der Waals surface area contributed by atoms with Gasteiger partial charge in [0.1, 0.15) is 0 Å². The zero-order chi connectivity index (χ0) is 20.9. The molecule has 1 heterocycles. The third-order valence-corrected chi connectivity index (χ3v) is 7.17. The summed E-state index contributed by atoms with van der Waals surface area (Å²) in [4.78, 5) is 15.3. The molecule has 1 atom stereocenters. The van der Waals surface area contributed by atoms with E-state index in [1.807, 2.05) is 65.6 Å². The first kappa shape index (κ1) is 21.5. The fourth-order valence-corrected chi connectivity index (χ4v) is 4.85. The van der Waals surface area contributed by atoms with E-state index in [0.29, 0.717) is 32.5 Å². The third-order valence-electron chi connectivity index (χ3n) is 5.27. The minimum Gasteiger partial charge on any atom is -0.334 e. The zero-order valence-electron chi connectivity index (χ0n) is 17.1. The molecule has 0 spiro atoms. The molecule has 6 nitrogen and oxygen atoms in total. The van der Waals surface area contributed by atoms with Gasteiger partial charge in [-0.15, -0.1) is 0 Å². The zero-order valence-corrected chi connectivity index (χ0v) is 17.9. The van der Waals surface area contributed by atoms with Gasteiger partial charge in [-0.25, -0.2) is 0 Å². The van der Waals surface area contributed by atoms with Crippen molar-refractivity contribution >= 4 is 16.1 Å². The molecule has 0 saturated carbocycles. The highest BCUT2D eigenvalue weighted by Gasteiger charge is 2.35. The maximum atomic E-state index is 13.4. The second kappa shape index (κ2) is 9.52. The average Bonchev–Trinajstić information content (AvgIpc) is 2.74. The Balaban J connectivity index is 1.79. The van der Waals surface area contributed by atoms with Crippen LogP contribution in [0.25, 0.3) is 0 Å². The van der Waals surface area contributed by atoms with Gasteiger partial charge in [-0.2, -0.15) is 17.0 Å². The Morgan fingerprint density at radius 1 is 0.966 bits per heavy atom. The number of carbonyl (C=O) groups excluding carboxylic acids is 1. The van der Waals surface area contributed by atoms with Gasteiger partial charge in [0, 0.05) is 40.3 Å². The normalized spacial score (nSPS) is 18.0. The first-order valence-electron chi connectivity index (χ1n) is 9.92. The van der Waals surface area contributed by atoms with Crippen molar-refractivity contribution in [2.45, 2.75) is 25.9 Å². The summed E-state index contributed by atoms with van der Waals surface area (Å²) >= 11 is 0. The van der Waals surface area contributed by atoms with E-state index in [1.54, 1.807) is 0 Å². The summed E-state index contributed by atoms with van der Waals surface area (Å²) in [6.45, 7) is 1.71. The van der Waals surface area contributed by atoms with E-state index in [-0.39, 0.29) is 18.4 Å². The van der Waals surface area contributed by atoms with E-state index < -0.39 is 10.2 Å². The van der Waals surface area contributed by atoms with Gasteiger partial charge in [0.2, 0.25) is 5.91 Å². The minimum absolute atomic E-state index is 0.0105. The van der Waals surface area contributed by atoms with Crippen LogP contribution in [0, 0.1) is 5.92 Å². The van der Waals surface area contributed by atoms with Crippen molar-refractivity contribution in [3.8, 4) is 0 Å². The highest BCUT2D eigenvalue weighted by Crippen LogP contribution is 2.24. The van der Waals surface area contributed by atoms with Gasteiger partial charge in [0.25, 0.3) is 10.2 Å². The van der Waals surface area contributed by atoms with Crippen LogP contribution >= 0.6 is 0 Å². The lowest BCUT2D eigenvalue weighted by Crippen LogP contribution is -2.49. The number of carbonyl (C=O) groups is 1. The molecule has 2 aromatic rings. The maximum Gasteiger partial charge on any atom is 0.281 e. The van der Waals surface area contributed by atoms with Crippen LogP contribution in [-0.4, -0.2) is 55.0 Å². The largest absolute Gasteiger partial charge is 0.334 e. The maximum absolute atomic E-state index is 13.4. The van der Waals surface area contributed by atoms with Crippen LogP contribution in [0.1, 0.15) is 24.0 Å². The van der Waals surface area contributed by atoms with Crippen LogP contribution in [0.4, 0.5) is 0 Å². The van der Waals surface area contributed by atoms with Crippen molar-refractivity contribution in [2.24, 2.45) is 5.92 Å². The first-order chi connectivity index (χ1) is 13.9. The van der Waals surface area contributed by atoms with Crippen LogP contribution < -0.4 is 0 Å². The Kier molecular flexibility index (Phi) is 7.05. The molecule has 1 fully saturated rings. The Labute approximate surface area is 173 Å². The van der Waals surface area contributed by atoms with Crippen LogP contribution in [0.5, 0.6) is 0 Å². The molecule has 0 radical (unpaired) electrons. The molecule has 3 rings (SSSR count). The minimum atomic E-state index is -3.51. The highest BCUT2D eigenvalue weighted by molar-refractivity contribution is 7.86. The van der Waals surface area contributed by atoms with Crippen molar-refractivity contribution in [1.29, 1.82) is 0 Å². The molecule has 156 valence electrons. The number of amides is 1. The number of piperidine rings is 1. The molecule has 2 aromatic carbocycles. The fourth-order valence-electron chi connectivity index (χ4n) is 3.66. The fraction of sp³-hybridized carbons (Fsp3) is 0.409. The van der Waals surface area contributed by atoms with E-state index in [9.17, 15) is 13.2 Å². The molecule has 0 unspecified atom stereocenters. The Hall–Kier alpha value is -2.22. The molecule has 7 heteroatoms. The van der Waals surface area contributed by atoms with E-state index in [2.05, 4.69) is 0 Å². The van der Waals surface area contributed by atoms with E-state index in [4.69, 9.17) is 0 Å². The Morgan fingerprint density at radius 3 is 1.97 bits per heavy atom. The molecule has 1 aliphatic heterocycles. The van der Waals surface area contributed by atoms with Gasteiger partial charge in [-0.3, -0.25) is 4.79 Å². The van der Waals surface area contributed by atoms with Crippen LogP contribution in [-0.2, 0) is 28.1 Å². The molecule has 0 bridgehead atoms. The monoisotopic (exact) mass is 415 g/mol. The van der Waals surface area contributed by atoms with Gasteiger partial charge in [0.15, 0.2) is 0 Å². The summed E-state index contributed by atoms with van der Waals surface area (Å²) < 4.78 is 27.7. The molecule has 0 aliphatic carbocycles. The second-order valence-electron chi connectivity index (χ2n) is 7.65. The van der Waals surface area contributed by atoms with Crippen LogP contribution in [0.3, 0.4) is 0 Å². The van der Waals surface area contributed by atoms with Crippen molar-refractivity contribution < 1.29 is 13.2 Å². The summed E-state index contributed by atoms with van der Waals surface area (Å²) in [6.07, 6.45) is 1.40. The number of nitrogens with zero attached hydrogens (tertiary/aromatic N) is 3. The topological polar surface area (TPSA) is 60.9 Å². The quantitative estimate of drug-likeness (QED) is 0.699. The lowest BCUT2D eigenvalue weighted by Gasteiger charge is -2.35. The summed E-state index contributed by atoms with van der Waals surface area (Å²) in [5, 5.41) is 0. The smallest absolute Gasteiger partial charge is 0.281 e. The van der Waals surface area contributed by atoms with Crippen molar-refractivity contribution in [1.82, 2.24) is 13.5 Å². The number of rotatable bonds is 7. The molecule has 1 amide bonds. The van der Waals surface area contributed by atoms with E-state index >= 15 is 0 Å².